The van der Waals surface area contributed by atoms with Crippen LogP contribution in [0.15, 0.2) is 0 Å². The van der Waals surface area contributed by atoms with Gasteiger partial charge in [0, 0.05) is 27.2 Å². The van der Waals surface area contributed by atoms with Gasteiger partial charge in [0.2, 0.25) is 0 Å². The molecule has 2 unspecified atom stereocenters. The Morgan fingerprint density at radius 2 is 1.88 bits per heavy atom. The molecule has 1 amide bonds. The standard InChI is InChI=1S/C17H25N3O4S2/c1-9-7-20(8-10(2)24-9)17(25)18-14-12(16(22)23-6)11(3)13(26-14)15(21)19(4)5/h9-10H,7-8H2,1-6H3,(H,18,25). The van der Waals surface area contributed by atoms with E-state index in [1.54, 1.807) is 21.0 Å². The Morgan fingerprint density at radius 1 is 1.31 bits per heavy atom. The molecule has 0 spiro atoms. The molecule has 2 heterocycles. The van der Waals surface area contributed by atoms with Crippen molar-refractivity contribution in [3.05, 3.63) is 16.0 Å². The van der Waals surface area contributed by atoms with E-state index < -0.39 is 5.97 Å². The fraction of sp³-hybridized carbons (Fsp3) is 0.588. The van der Waals surface area contributed by atoms with E-state index in [-0.39, 0.29) is 18.1 Å². The van der Waals surface area contributed by atoms with Crippen LogP contribution < -0.4 is 5.32 Å². The third-order valence-corrected chi connectivity index (χ3v) is 5.62. The molecule has 0 aliphatic carbocycles. The zero-order chi connectivity index (χ0) is 19.6. The number of amides is 1. The zero-order valence-electron chi connectivity index (χ0n) is 15.9. The van der Waals surface area contributed by atoms with Gasteiger partial charge >= 0.3 is 5.97 Å². The zero-order valence-corrected chi connectivity index (χ0v) is 17.5. The smallest absolute Gasteiger partial charge is 0.341 e. The number of morpholine rings is 1. The van der Waals surface area contributed by atoms with Crippen LogP contribution in [0.1, 0.15) is 39.4 Å². The number of thiocarbonyl (C=S) groups is 1. The summed E-state index contributed by atoms with van der Waals surface area (Å²) < 4.78 is 10.6. The second-order valence-electron chi connectivity index (χ2n) is 6.54. The topological polar surface area (TPSA) is 71.1 Å². The number of nitrogens with zero attached hydrogens (tertiary/aromatic N) is 2. The summed E-state index contributed by atoms with van der Waals surface area (Å²) in [6.45, 7) is 7.06. The monoisotopic (exact) mass is 399 g/mol. The number of carbonyl (C=O) groups excluding carboxylic acids is 2. The van der Waals surface area contributed by atoms with Gasteiger partial charge in [-0.3, -0.25) is 4.79 Å². The van der Waals surface area contributed by atoms with E-state index in [0.717, 1.165) is 0 Å². The molecular weight excluding hydrogens is 374 g/mol. The number of carbonyl (C=O) groups is 2. The highest BCUT2D eigenvalue weighted by molar-refractivity contribution is 7.80. The van der Waals surface area contributed by atoms with Crippen LogP contribution in [0.3, 0.4) is 0 Å². The molecule has 0 aromatic carbocycles. The molecule has 9 heteroatoms. The lowest BCUT2D eigenvalue weighted by Gasteiger charge is -2.36. The maximum Gasteiger partial charge on any atom is 0.341 e. The van der Waals surface area contributed by atoms with E-state index in [2.05, 4.69) is 5.32 Å². The van der Waals surface area contributed by atoms with E-state index in [9.17, 15) is 9.59 Å². The molecule has 1 aliphatic heterocycles. The lowest BCUT2D eigenvalue weighted by atomic mass is 10.1. The molecule has 0 radical (unpaired) electrons. The molecule has 2 atom stereocenters. The number of hydrogen-bond donors (Lipinski definition) is 1. The highest BCUT2D eigenvalue weighted by Crippen LogP contribution is 2.34. The van der Waals surface area contributed by atoms with Crippen molar-refractivity contribution in [1.82, 2.24) is 9.80 Å². The SMILES string of the molecule is COC(=O)c1c(NC(=S)N2CC(C)OC(C)C2)sc(C(=O)N(C)C)c1C. The molecule has 0 saturated carbocycles. The number of thiophene rings is 1. The normalized spacial score (nSPS) is 19.8. The molecule has 26 heavy (non-hydrogen) atoms. The molecule has 0 bridgehead atoms. The number of anilines is 1. The summed E-state index contributed by atoms with van der Waals surface area (Å²) in [5.74, 6) is -0.657. The van der Waals surface area contributed by atoms with Crippen molar-refractivity contribution < 1.29 is 19.1 Å². The van der Waals surface area contributed by atoms with Gasteiger partial charge in [-0.05, 0) is 38.6 Å². The van der Waals surface area contributed by atoms with Crippen LogP contribution in [0.2, 0.25) is 0 Å². The van der Waals surface area contributed by atoms with Crippen LogP contribution in [0.4, 0.5) is 5.00 Å². The summed E-state index contributed by atoms with van der Waals surface area (Å²) in [5.41, 5.74) is 0.939. The Kier molecular flexibility index (Phi) is 6.59. The molecule has 1 saturated heterocycles. The second kappa shape index (κ2) is 8.32. The van der Waals surface area contributed by atoms with Crippen LogP contribution in [0.5, 0.6) is 0 Å². The minimum Gasteiger partial charge on any atom is -0.465 e. The first-order valence-corrected chi connectivity index (χ1v) is 9.52. The van der Waals surface area contributed by atoms with Crippen LogP contribution >= 0.6 is 23.6 Å². The molecule has 2 rings (SSSR count). The van der Waals surface area contributed by atoms with Gasteiger partial charge in [0.15, 0.2) is 5.11 Å². The first kappa shape index (κ1) is 20.6. The molecule has 7 nitrogen and oxygen atoms in total. The third-order valence-electron chi connectivity index (χ3n) is 4.06. The Balaban J connectivity index is 2.32. The molecule has 1 aliphatic rings. The Morgan fingerprint density at radius 3 is 2.38 bits per heavy atom. The Hall–Kier alpha value is -1.71. The Labute approximate surface area is 163 Å². The van der Waals surface area contributed by atoms with E-state index in [1.165, 1.54) is 23.3 Å². The van der Waals surface area contributed by atoms with Crippen molar-refractivity contribution in [2.75, 3.05) is 39.6 Å². The minimum atomic E-state index is -0.495. The maximum atomic E-state index is 12.4. The van der Waals surface area contributed by atoms with Crippen molar-refractivity contribution in [3.63, 3.8) is 0 Å². The van der Waals surface area contributed by atoms with E-state index >= 15 is 0 Å². The first-order valence-electron chi connectivity index (χ1n) is 8.30. The largest absolute Gasteiger partial charge is 0.465 e. The number of hydrogen-bond acceptors (Lipinski definition) is 6. The molecule has 1 fully saturated rings. The lowest BCUT2D eigenvalue weighted by Crippen LogP contribution is -2.49. The summed E-state index contributed by atoms with van der Waals surface area (Å²) in [4.78, 5) is 28.7. The van der Waals surface area contributed by atoms with E-state index in [1.807, 2.05) is 18.7 Å². The van der Waals surface area contributed by atoms with Gasteiger partial charge < -0.3 is 24.6 Å². The van der Waals surface area contributed by atoms with Crippen molar-refractivity contribution in [2.45, 2.75) is 33.0 Å². The maximum absolute atomic E-state index is 12.4. The van der Waals surface area contributed by atoms with E-state index in [4.69, 9.17) is 21.7 Å². The predicted molar refractivity (Wildman–Crippen MR) is 106 cm³/mol. The van der Waals surface area contributed by atoms with Crippen molar-refractivity contribution >= 4 is 45.5 Å². The minimum absolute atomic E-state index is 0.0644. The fourth-order valence-electron chi connectivity index (χ4n) is 2.88. The molecule has 1 aromatic heterocycles. The Bertz CT molecular complexity index is 707. The second-order valence-corrected chi connectivity index (χ2v) is 7.95. The predicted octanol–water partition coefficient (Wildman–Crippen LogP) is 2.35. The van der Waals surface area contributed by atoms with Crippen LogP contribution in [0, 0.1) is 6.92 Å². The molecule has 1 aromatic rings. The first-order chi connectivity index (χ1) is 12.1. The average molecular weight is 400 g/mol. The van der Waals surface area contributed by atoms with Crippen molar-refractivity contribution in [3.8, 4) is 0 Å². The number of nitrogens with one attached hydrogen (secondary N) is 1. The van der Waals surface area contributed by atoms with Gasteiger partial charge in [-0.2, -0.15) is 0 Å². The van der Waals surface area contributed by atoms with Gasteiger partial charge in [-0.1, -0.05) is 0 Å². The van der Waals surface area contributed by atoms with Gasteiger partial charge in [0.1, 0.15) is 5.00 Å². The van der Waals surface area contributed by atoms with Gasteiger partial charge in [-0.25, -0.2) is 4.79 Å². The van der Waals surface area contributed by atoms with Crippen molar-refractivity contribution in [2.24, 2.45) is 0 Å². The summed E-state index contributed by atoms with van der Waals surface area (Å²) in [5, 5.41) is 4.17. The average Bonchev–Trinajstić information content (AvgIpc) is 2.88. The van der Waals surface area contributed by atoms with E-state index in [0.29, 0.717) is 39.2 Å². The number of ether oxygens (including phenoxy) is 2. The summed E-state index contributed by atoms with van der Waals surface area (Å²) >= 11 is 6.74. The molecular formula is C17H25N3O4S2. The third kappa shape index (κ3) is 4.33. The summed E-state index contributed by atoms with van der Waals surface area (Å²) in [7, 11) is 4.67. The van der Waals surface area contributed by atoms with Crippen molar-refractivity contribution in [1.29, 1.82) is 0 Å². The quantitative estimate of drug-likeness (QED) is 0.618. The number of esters is 1. The highest BCUT2D eigenvalue weighted by Gasteiger charge is 2.29. The van der Waals surface area contributed by atoms with Gasteiger partial charge in [0.05, 0.1) is 29.8 Å². The highest BCUT2D eigenvalue weighted by atomic mass is 32.1. The molecule has 144 valence electrons. The lowest BCUT2D eigenvalue weighted by molar-refractivity contribution is -0.0473. The van der Waals surface area contributed by atoms with Gasteiger partial charge in [0.25, 0.3) is 5.91 Å². The van der Waals surface area contributed by atoms with Crippen LogP contribution in [-0.4, -0.2) is 73.3 Å². The number of rotatable bonds is 3. The molecule has 1 N–H and O–H groups in total. The fourth-order valence-corrected chi connectivity index (χ4v) is 4.41. The summed E-state index contributed by atoms with van der Waals surface area (Å²) in [6.07, 6.45) is 0.129. The summed E-state index contributed by atoms with van der Waals surface area (Å²) in [6, 6.07) is 0. The van der Waals surface area contributed by atoms with Crippen LogP contribution in [-0.2, 0) is 9.47 Å². The number of methoxy groups -OCH3 is 1. The van der Waals surface area contributed by atoms with Crippen LogP contribution in [0.25, 0.3) is 0 Å². The van der Waals surface area contributed by atoms with Gasteiger partial charge in [-0.15, -0.1) is 11.3 Å².